The van der Waals surface area contributed by atoms with E-state index in [9.17, 15) is 0 Å². The molecule has 18 heavy (non-hydrogen) atoms. The standard InChI is InChI=1S/C14H22BrNOS/c1-4-17-11-5-10(6-11)7-13(16-3)14-8-12(15)9(2)18-14/h8,10-11,13,16H,4-7H2,1-3H3. The Labute approximate surface area is 122 Å². The van der Waals surface area contributed by atoms with Gasteiger partial charge in [0.25, 0.3) is 0 Å². The highest BCUT2D eigenvalue weighted by atomic mass is 79.9. The number of hydrogen-bond donors (Lipinski definition) is 1. The molecule has 0 radical (unpaired) electrons. The predicted molar refractivity (Wildman–Crippen MR) is 81.3 cm³/mol. The number of halogens is 1. The molecular formula is C14H22BrNOS. The normalized spacial score (nSPS) is 24.9. The van der Waals surface area contributed by atoms with Crippen molar-refractivity contribution in [3.05, 3.63) is 20.3 Å². The molecule has 1 aromatic rings. The summed E-state index contributed by atoms with van der Waals surface area (Å²) in [7, 11) is 2.06. The largest absolute Gasteiger partial charge is 0.378 e. The van der Waals surface area contributed by atoms with Crippen LogP contribution in [0.3, 0.4) is 0 Å². The zero-order valence-electron chi connectivity index (χ0n) is 11.3. The Kier molecular flexibility index (Phi) is 5.24. The zero-order valence-corrected chi connectivity index (χ0v) is 13.7. The Morgan fingerprint density at radius 1 is 1.56 bits per heavy atom. The molecular weight excluding hydrogens is 310 g/mol. The van der Waals surface area contributed by atoms with Gasteiger partial charge in [-0.2, -0.15) is 0 Å². The maximum atomic E-state index is 5.63. The number of aryl methyl sites for hydroxylation is 1. The first-order valence-corrected chi connectivity index (χ1v) is 8.29. The topological polar surface area (TPSA) is 21.3 Å². The van der Waals surface area contributed by atoms with Crippen LogP contribution >= 0.6 is 27.3 Å². The van der Waals surface area contributed by atoms with Gasteiger partial charge in [-0.05, 0) is 68.1 Å². The number of ether oxygens (including phenoxy) is 1. The summed E-state index contributed by atoms with van der Waals surface area (Å²) in [4.78, 5) is 2.81. The Hall–Kier alpha value is 0.1000. The van der Waals surface area contributed by atoms with E-state index in [0.29, 0.717) is 12.1 Å². The molecule has 1 heterocycles. The van der Waals surface area contributed by atoms with Crippen LogP contribution in [0.5, 0.6) is 0 Å². The molecule has 1 fully saturated rings. The first-order valence-electron chi connectivity index (χ1n) is 6.68. The molecule has 2 nitrogen and oxygen atoms in total. The highest BCUT2D eigenvalue weighted by molar-refractivity contribution is 9.10. The molecule has 0 aromatic carbocycles. The predicted octanol–water partition coefficient (Wildman–Crippen LogP) is 4.28. The lowest BCUT2D eigenvalue weighted by Gasteiger charge is -2.36. The van der Waals surface area contributed by atoms with Crippen LogP contribution in [-0.4, -0.2) is 19.8 Å². The summed E-state index contributed by atoms with van der Waals surface area (Å²) in [6.45, 7) is 5.10. The van der Waals surface area contributed by atoms with Crippen molar-refractivity contribution in [3.63, 3.8) is 0 Å². The molecule has 0 spiro atoms. The van der Waals surface area contributed by atoms with E-state index in [1.807, 2.05) is 11.3 Å². The molecule has 1 N–H and O–H groups in total. The lowest BCUT2D eigenvalue weighted by molar-refractivity contribution is -0.0288. The average Bonchev–Trinajstić information content (AvgIpc) is 2.62. The molecule has 0 saturated heterocycles. The van der Waals surface area contributed by atoms with E-state index in [4.69, 9.17) is 4.74 Å². The number of hydrogen-bond acceptors (Lipinski definition) is 3. The highest BCUT2D eigenvalue weighted by Gasteiger charge is 2.31. The van der Waals surface area contributed by atoms with Crippen molar-refractivity contribution in [1.82, 2.24) is 5.32 Å². The van der Waals surface area contributed by atoms with Gasteiger partial charge in [-0.1, -0.05) is 0 Å². The SMILES string of the molecule is CCOC1CC(CC(NC)c2cc(Br)c(C)s2)C1. The van der Waals surface area contributed by atoms with Crippen molar-refractivity contribution in [3.8, 4) is 0 Å². The number of rotatable bonds is 6. The van der Waals surface area contributed by atoms with E-state index >= 15 is 0 Å². The first-order chi connectivity index (χ1) is 8.63. The molecule has 1 unspecified atom stereocenters. The van der Waals surface area contributed by atoms with E-state index in [-0.39, 0.29) is 0 Å². The molecule has 4 heteroatoms. The lowest BCUT2D eigenvalue weighted by Crippen LogP contribution is -2.34. The fraction of sp³-hybridized carbons (Fsp3) is 0.714. The minimum Gasteiger partial charge on any atom is -0.378 e. The summed E-state index contributed by atoms with van der Waals surface area (Å²) in [5, 5.41) is 3.45. The Morgan fingerprint density at radius 2 is 2.28 bits per heavy atom. The van der Waals surface area contributed by atoms with Crippen molar-refractivity contribution < 1.29 is 4.74 Å². The van der Waals surface area contributed by atoms with Crippen molar-refractivity contribution in [1.29, 1.82) is 0 Å². The van der Waals surface area contributed by atoms with E-state index in [1.54, 1.807) is 0 Å². The van der Waals surface area contributed by atoms with Crippen LogP contribution < -0.4 is 5.32 Å². The minimum atomic E-state index is 0.493. The summed E-state index contributed by atoms with van der Waals surface area (Å²) in [6, 6.07) is 2.76. The fourth-order valence-electron chi connectivity index (χ4n) is 2.60. The second kappa shape index (κ2) is 6.51. The van der Waals surface area contributed by atoms with Crippen LogP contribution in [0.1, 0.15) is 42.0 Å². The van der Waals surface area contributed by atoms with Crippen molar-refractivity contribution in [2.24, 2.45) is 5.92 Å². The molecule has 1 aliphatic rings. The molecule has 1 saturated carbocycles. The monoisotopic (exact) mass is 331 g/mol. The third-order valence-corrected chi connectivity index (χ3v) is 5.98. The van der Waals surface area contributed by atoms with Gasteiger partial charge >= 0.3 is 0 Å². The van der Waals surface area contributed by atoms with Crippen LogP contribution in [0.15, 0.2) is 10.5 Å². The first kappa shape index (κ1) is 14.5. The third-order valence-electron chi connectivity index (χ3n) is 3.73. The van der Waals surface area contributed by atoms with Gasteiger partial charge in [-0.25, -0.2) is 0 Å². The Morgan fingerprint density at radius 3 is 2.78 bits per heavy atom. The molecule has 1 aromatic heterocycles. The molecule has 0 aliphatic heterocycles. The van der Waals surface area contributed by atoms with Gasteiger partial charge < -0.3 is 10.1 Å². The second-order valence-electron chi connectivity index (χ2n) is 5.04. The summed E-state index contributed by atoms with van der Waals surface area (Å²) in [5.41, 5.74) is 0. The average molecular weight is 332 g/mol. The van der Waals surface area contributed by atoms with Gasteiger partial charge in [-0.3, -0.25) is 0 Å². The molecule has 0 bridgehead atoms. The zero-order chi connectivity index (χ0) is 13.1. The van der Waals surface area contributed by atoms with Crippen LogP contribution in [0.2, 0.25) is 0 Å². The molecule has 2 rings (SSSR count). The van der Waals surface area contributed by atoms with Gasteiger partial charge in [-0.15, -0.1) is 11.3 Å². The molecule has 102 valence electrons. The summed E-state index contributed by atoms with van der Waals surface area (Å²) in [5.74, 6) is 0.820. The van der Waals surface area contributed by atoms with Gasteiger partial charge in [0, 0.05) is 26.9 Å². The van der Waals surface area contributed by atoms with Crippen LogP contribution in [-0.2, 0) is 4.74 Å². The Balaban J connectivity index is 1.87. The number of thiophene rings is 1. The van der Waals surface area contributed by atoms with Crippen LogP contribution in [0.4, 0.5) is 0 Å². The third kappa shape index (κ3) is 3.35. The van der Waals surface area contributed by atoms with E-state index < -0.39 is 0 Å². The van der Waals surface area contributed by atoms with E-state index in [0.717, 1.165) is 12.5 Å². The summed E-state index contributed by atoms with van der Waals surface area (Å²) >= 11 is 5.50. The van der Waals surface area contributed by atoms with E-state index in [2.05, 4.69) is 48.2 Å². The Bertz CT molecular complexity index is 368. The number of nitrogens with one attached hydrogen (secondary N) is 1. The van der Waals surface area contributed by atoms with Gasteiger partial charge in [0.1, 0.15) is 0 Å². The highest BCUT2D eigenvalue weighted by Crippen LogP contribution is 2.39. The van der Waals surface area contributed by atoms with Crippen LogP contribution in [0.25, 0.3) is 0 Å². The maximum absolute atomic E-state index is 5.63. The quantitative estimate of drug-likeness (QED) is 0.839. The maximum Gasteiger partial charge on any atom is 0.0580 e. The van der Waals surface area contributed by atoms with Gasteiger partial charge in [0.15, 0.2) is 0 Å². The molecule has 1 aliphatic carbocycles. The van der Waals surface area contributed by atoms with Crippen molar-refractivity contribution >= 4 is 27.3 Å². The van der Waals surface area contributed by atoms with Crippen molar-refractivity contribution in [2.75, 3.05) is 13.7 Å². The van der Waals surface area contributed by atoms with Gasteiger partial charge in [0.05, 0.1) is 6.10 Å². The summed E-state index contributed by atoms with van der Waals surface area (Å²) < 4.78 is 6.87. The fourth-order valence-corrected chi connectivity index (χ4v) is 4.29. The van der Waals surface area contributed by atoms with Crippen LogP contribution in [0, 0.1) is 12.8 Å². The smallest absolute Gasteiger partial charge is 0.0580 e. The molecule has 1 atom stereocenters. The molecule has 0 amide bonds. The minimum absolute atomic E-state index is 0.493. The second-order valence-corrected chi connectivity index (χ2v) is 7.19. The van der Waals surface area contributed by atoms with Gasteiger partial charge in [0.2, 0.25) is 0 Å². The summed E-state index contributed by atoms with van der Waals surface area (Å²) in [6.07, 6.45) is 4.22. The lowest BCUT2D eigenvalue weighted by atomic mass is 9.78. The van der Waals surface area contributed by atoms with Crippen molar-refractivity contribution in [2.45, 2.75) is 45.3 Å². The van der Waals surface area contributed by atoms with E-state index in [1.165, 1.54) is 33.5 Å².